The minimum atomic E-state index is -0.974. The van der Waals surface area contributed by atoms with Gasteiger partial charge >= 0.3 is 5.97 Å². The Kier molecular flexibility index (Phi) is 5.74. The molecule has 1 amide bonds. The quantitative estimate of drug-likeness (QED) is 0.828. The number of carbonyl (C=O) groups is 2. The summed E-state index contributed by atoms with van der Waals surface area (Å²) >= 11 is 1.78. The summed E-state index contributed by atoms with van der Waals surface area (Å²) in [5.41, 5.74) is 0.713. The molecular formula is C18H25NO3S. The summed E-state index contributed by atoms with van der Waals surface area (Å²) < 4.78 is 0. The van der Waals surface area contributed by atoms with Gasteiger partial charge in [-0.2, -0.15) is 0 Å². The van der Waals surface area contributed by atoms with Crippen LogP contribution in [0.2, 0.25) is 0 Å². The van der Waals surface area contributed by atoms with Crippen molar-refractivity contribution in [1.29, 1.82) is 0 Å². The molecular weight excluding hydrogens is 310 g/mol. The lowest BCUT2D eigenvalue weighted by Gasteiger charge is -2.20. The highest BCUT2D eigenvalue weighted by molar-refractivity contribution is 8.00. The molecule has 0 aromatic heterocycles. The van der Waals surface area contributed by atoms with Crippen LogP contribution in [0.15, 0.2) is 23.1 Å². The number of carbonyl (C=O) groups excluding carboxylic acids is 1. The normalized spacial score (nSPS) is 15.6. The van der Waals surface area contributed by atoms with Crippen LogP contribution in [0.25, 0.3) is 0 Å². The van der Waals surface area contributed by atoms with Crippen LogP contribution in [0, 0.1) is 12.3 Å². The second-order valence-electron chi connectivity index (χ2n) is 6.90. The summed E-state index contributed by atoms with van der Waals surface area (Å²) in [5.74, 6) is -1.11. The number of benzene rings is 1. The molecule has 2 N–H and O–H groups in total. The zero-order chi connectivity index (χ0) is 17.0. The minimum absolute atomic E-state index is 0.114. The predicted octanol–water partition coefficient (Wildman–Crippen LogP) is 3.87. The molecule has 126 valence electrons. The van der Waals surface area contributed by atoms with Crippen LogP contribution in [0.5, 0.6) is 0 Å². The largest absolute Gasteiger partial charge is 0.481 e. The molecule has 1 aromatic carbocycles. The third-order valence-electron chi connectivity index (χ3n) is 4.25. The maximum absolute atomic E-state index is 12.5. The van der Waals surface area contributed by atoms with Crippen molar-refractivity contribution >= 4 is 23.6 Å². The maximum atomic E-state index is 12.5. The van der Waals surface area contributed by atoms with Crippen LogP contribution in [0.3, 0.4) is 0 Å². The third kappa shape index (κ3) is 4.74. The van der Waals surface area contributed by atoms with E-state index >= 15 is 0 Å². The first-order chi connectivity index (χ1) is 10.8. The topological polar surface area (TPSA) is 66.4 Å². The van der Waals surface area contributed by atoms with Crippen LogP contribution >= 0.6 is 11.8 Å². The Morgan fingerprint density at radius 3 is 2.57 bits per heavy atom. The predicted molar refractivity (Wildman–Crippen MR) is 93.0 cm³/mol. The van der Waals surface area contributed by atoms with Crippen molar-refractivity contribution in [3.8, 4) is 0 Å². The van der Waals surface area contributed by atoms with E-state index in [1.54, 1.807) is 25.6 Å². The van der Waals surface area contributed by atoms with Crippen LogP contribution in [-0.2, 0) is 4.79 Å². The number of nitrogens with one attached hydrogen (secondary N) is 1. The van der Waals surface area contributed by atoms with E-state index in [0.717, 1.165) is 10.5 Å². The van der Waals surface area contributed by atoms with Crippen molar-refractivity contribution in [3.63, 3.8) is 0 Å². The van der Waals surface area contributed by atoms with E-state index in [1.165, 1.54) is 25.7 Å². The highest BCUT2D eigenvalue weighted by atomic mass is 32.2. The summed E-state index contributed by atoms with van der Waals surface area (Å²) in [4.78, 5) is 24.7. The Hall–Kier alpha value is -1.49. The molecule has 0 atom stereocenters. The fourth-order valence-electron chi connectivity index (χ4n) is 2.58. The molecule has 1 aromatic rings. The van der Waals surface area contributed by atoms with Gasteiger partial charge in [-0.05, 0) is 45.7 Å². The second kappa shape index (κ2) is 7.39. The smallest absolute Gasteiger partial charge is 0.310 e. The molecule has 23 heavy (non-hydrogen) atoms. The fraction of sp³-hybridized carbons (Fsp3) is 0.556. The summed E-state index contributed by atoms with van der Waals surface area (Å²) in [7, 11) is 0. The first-order valence-corrected chi connectivity index (χ1v) is 8.96. The van der Waals surface area contributed by atoms with Gasteiger partial charge in [0.1, 0.15) is 0 Å². The summed E-state index contributed by atoms with van der Waals surface area (Å²) in [6, 6.07) is 5.92. The van der Waals surface area contributed by atoms with Crippen LogP contribution in [0.4, 0.5) is 0 Å². The summed E-state index contributed by atoms with van der Waals surface area (Å²) in [6.07, 6.45) is 4.92. The van der Waals surface area contributed by atoms with E-state index in [0.29, 0.717) is 10.8 Å². The summed E-state index contributed by atoms with van der Waals surface area (Å²) in [6.45, 7) is 5.30. The molecule has 0 radical (unpaired) electrons. The highest BCUT2D eigenvalue weighted by Crippen LogP contribution is 2.36. The molecule has 1 aliphatic rings. The van der Waals surface area contributed by atoms with Crippen molar-refractivity contribution < 1.29 is 14.7 Å². The molecule has 0 aliphatic heterocycles. The van der Waals surface area contributed by atoms with Gasteiger partial charge in [0.2, 0.25) is 0 Å². The number of hydrogen-bond donors (Lipinski definition) is 2. The van der Waals surface area contributed by atoms with Crippen molar-refractivity contribution in [1.82, 2.24) is 5.32 Å². The number of thioether (sulfide) groups is 1. The van der Waals surface area contributed by atoms with Crippen LogP contribution in [-0.4, -0.2) is 28.8 Å². The average Bonchev–Trinajstić information content (AvgIpc) is 2.99. The van der Waals surface area contributed by atoms with Crippen LogP contribution in [0.1, 0.15) is 55.5 Å². The van der Waals surface area contributed by atoms with E-state index < -0.39 is 11.4 Å². The first kappa shape index (κ1) is 17.9. The van der Waals surface area contributed by atoms with E-state index in [4.69, 9.17) is 5.11 Å². The lowest BCUT2D eigenvalue weighted by Crippen LogP contribution is -2.39. The molecule has 1 saturated carbocycles. The number of hydrogen-bond acceptors (Lipinski definition) is 3. The molecule has 2 rings (SSSR count). The summed E-state index contributed by atoms with van der Waals surface area (Å²) in [5, 5.41) is 12.5. The second-order valence-corrected chi connectivity index (χ2v) is 8.24. The molecule has 0 unspecified atom stereocenters. The van der Waals surface area contributed by atoms with Gasteiger partial charge in [-0.3, -0.25) is 9.59 Å². The monoisotopic (exact) mass is 335 g/mol. The van der Waals surface area contributed by atoms with Gasteiger partial charge in [-0.15, -0.1) is 11.8 Å². The van der Waals surface area contributed by atoms with Crippen molar-refractivity contribution in [2.75, 3.05) is 6.54 Å². The van der Waals surface area contributed by atoms with Gasteiger partial charge in [-0.25, -0.2) is 0 Å². The number of aryl methyl sites for hydroxylation is 1. The minimum Gasteiger partial charge on any atom is -0.481 e. The van der Waals surface area contributed by atoms with Crippen molar-refractivity contribution in [2.45, 2.75) is 56.6 Å². The SMILES string of the molecule is Cc1ccc(SC2CCCC2)c(C(=O)NCC(C)(C)C(=O)O)c1. The molecule has 0 spiro atoms. The van der Waals surface area contributed by atoms with Gasteiger partial charge in [0.05, 0.1) is 11.0 Å². The van der Waals surface area contributed by atoms with Crippen molar-refractivity contribution in [3.05, 3.63) is 29.3 Å². The fourth-order valence-corrected chi connectivity index (χ4v) is 3.94. The van der Waals surface area contributed by atoms with E-state index in [9.17, 15) is 9.59 Å². The first-order valence-electron chi connectivity index (χ1n) is 8.08. The van der Waals surface area contributed by atoms with E-state index in [1.807, 2.05) is 25.1 Å². The van der Waals surface area contributed by atoms with Crippen molar-refractivity contribution in [2.24, 2.45) is 5.41 Å². The van der Waals surface area contributed by atoms with E-state index in [-0.39, 0.29) is 12.5 Å². The Morgan fingerprint density at radius 2 is 1.96 bits per heavy atom. The maximum Gasteiger partial charge on any atom is 0.310 e. The van der Waals surface area contributed by atoms with Crippen LogP contribution < -0.4 is 5.32 Å². The number of aliphatic carboxylic acids is 1. The average molecular weight is 335 g/mol. The molecule has 0 heterocycles. The molecule has 1 fully saturated rings. The van der Waals surface area contributed by atoms with E-state index in [2.05, 4.69) is 5.32 Å². The number of rotatable bonds is 6. The Labute approximate surface area is 142 Å². The lowest BCUT2D eigenvalue weighted by atomic mass is 9.94. The van der Waals surface area contributed by atoms with Gasteiger partial charge < -0.3 is 10.4 Å². The van der Waals surface area contributed by atoms with Gasteiger partial charge in [-0.1, -0.05) is 24.5 Å². The highest BCUT2D eigenvalue weighted by Gasteiger charge is 2.28. The van der Waals surface area contributed by atoms with Gasteiger partial charge in [0.25, 0.3) is 5.91 Å². The van der Waals surface area contributed by atoms with Gasteiger partial charge in [0, 0.05) is 16.7 Å². The molecule has 0 saturated heterocycles. The number of carboxylic acids is 1. The molecule has 5 heteroatoms. The third-order valence-corrected chi connectivity index (χ3v) is 5.66. The number of amides is 1. The number of carboxylic acid groups (broad SMARTS) is 1. The molecule has 0 bridgehead atoms. The zero-order valence-electron chi connectivity index (χ0n) is 14.0. The standard InChI is InChI=1S/C18H25NO3S/c1-12-8-9-15(23-13-6-4-5-7-13)14(10-12)16(20)19-11-18(2,3)17(21)22/h8-10,13H,4-7,11H2,1-3H3,(H,19,20)(H,21,22). The lowest BCUT2D eigenvalue weighted by molar-refractivity contribution is -0.146. The molecule has 1 aliphatic carbocycles. The Bertz CT molecular complexity index is 592. The zero-order valence-corrected chi connectivity index (χ0v) is 14.8. The Morgan fingerprint density at radius 1 is 1.30 bits per heavy atom. The van der Waals surface area contributed by atoms with Gasteiger partial charge in [0.15, 0.2) is 0 Å². The Balaban J connectivity index is 2.11. The molecule has 4 nitrogen and oxygen atoms in total.